The van der Waals surface area contributed by atoms with Gasteiger partial charge in [0.25, 0.3) is 0 Å². The molecule has 0 aliphatic carbocycles. The predicted molar refractivity (Wildman–Crippen MR) is 80.6 cm³/mol. The Labute approximate surface area is 133 Å². The zero-order valence-electron chi connectivity index (χ0n) is 12.9. The number of carbonyl (C=O) groups is 2. The number of halogens is 1. The van der Waals surface area contributed by atoms with E-state index in [4.69, 9.17) is 9.47 Å². The first-order valence-electron chi connectivity index (χ1n) is 7.60. The number of benzene rings is 1. The van der Waals surface area contributed by atoms with E-state index in [2.05, 4.69) is 5.32 Å². The van der Waals surface area contributed by atoms with Crippen molar-refractivity contribution in [1.82, 2.24) is 4.90 Å². The number of amides is 1. The minimum Gasteiger partial charge on any atom is -0.430 e. The van der Waals surface area contributed by atoms with E-state index in [1.54, 1.807) is 19.1 Å². The second-order valence-electron chi connectivity index (χ2n) is 6.11. The lowest BCUT2D eigenvalue weighted by molar-refractivity contribution is -0.118. The average Bonchev–Trinajstić information content (AvgIpc) is 2.87. The zero-order chi connectivity index (χ0) is 16.4. The summed E-state index contributed by atoms with van der Waals surface area (Å²) in [6, 6.07) is 4.62. The van der Waals surface area contributed by atoms with Crippen LogP contribution in [0.3, 0.4) is 0 Å². The van der Waals surface area contributed by atoms with Crippen LogP contribution in [0.15, 0.2) is 18.2 Å². The smallest absolute Gasteiger partial charge is 0.430 e. The summed E-state index contributed by atoms with van der Waals surface area (Å²) in [7, 11) is 0. The van der Waals surface area contributed by atoms with Gasteiger partial charge >= 0.3 is 6.16 Å². The van der Waals surface area contributed by atoms with Crippen molar-refractivity contribution in [3.63, 3.8) is 0 Å². The van der Waals surface area contributed by atoms with Crippen molar-refractivity contribution in [2.75, 3.05) is 31.6 Å². The Morgan fingerprint density at radius 3 is 2.74 bits per heavy atom. The largest absolute Gasteiger partial charge is 0.509 e. The van der Waals surface area contributed by atoms with Crippen molar-refractivity contribution in [2.24, 2.45) is 0 Å². The quantitative estimate of drug-likeness (QED) is 0.863. The Kier molecular flexibility index (Phi) is 4.21. The molecule has 0 atom stereocenters. The number of carbonyl (C=O) groups excluding carboxylic acids is 2. The summed E-state index contributed by atoms with van der Waals surface area (Å²) in [5.74, 6) is -0.533. The number of piperidine rings is 1. The minimum absolute atomic E-state index is 0.191. The SMILES string of the molecule is Cc1ccc(NC(=O)CN2CCC3(CC2)COC(=O)O3)cc1F. The molecule has 7 heteroatoms. The van der Waals surface area contributed by atoms with E-state index < -0.39 is 11.8 Å². The molecule has 0 bridgehead atoms. The molecule has 0 aromatic heterocycles. The molecule has 1 N–H and O–H groups in total. The number of hydrogen-bond donors (Lipinski definition) is 1. The summed E-state index contributed by atoms with van der Waals surface area (Å²) in [5, 5.41) is 2.69. The summed E-state index contributed by atoms with van der Waals surface area (Å²) >= 11 is 0. The standard InChI is InChI=1S/C16H19FN2O4/c1-11-2-3-12(8-13(11)17)18-14(20)9-19-6-4-16(5-7-19)10-22-15(21)23-16/h2-3,8H,4-7,9-10H2,1H3,(H,18,20). The molecule has 1 spiro atoms. The number of nitrogens with zero attached hydrogens (tertiary/aromatic N) is 1. The third kappa shape index (κ3) is 3.61. The Morgan fingerprint density at radius 1 is 1.39 bits per heavy atom. The molecule has 0 radical (unpaired) electrons. The fourth-order valence-corrected chi connectivity index (χ4v) is 2.87. The molecule has 124 valence electrons. The molecule has 23 heavy (non-hydrogen) atoms. The number of anilines is 1. The number of aryl methyl sites for hydroxylation is 1. The van der Waals surface area contributed by atoms with E-state index in [9.17, 15) is 14.0 Å². The van der Waals surface area contributed by atoms with Gasteiger partial charge in [0.2, 0.25) is 5.91 Å². The highest BCUT2D eigenvalue weighted by atomic mass is 19.1. The van der Waals surface area contributed by atoms with Crippen molar-refractivity contribution in [1.29, 1.82) is 0 Å². The van der Waals surface area contributed by atoms with Crippen LogP contribution in [0.1, 0.15) is 18.4 Å². The van der Waals surface area contributed by atoms with Crippen molar-refractivity contribution in [3.8, 4) is 0 Å². The molecule has 6 nitrogen and oxygen atoms in total. The number of rotatable bonds is 3. The Balaban J connectivity index is 1.49. The van der Waals surface area contributed by atoms with Crippen LogP contribution in [-0.2, 0) is 14.3 Å². The molecule has 2 fully saturated rings. The minimum atomic E-state index is -0.613. The molecule has 0 unspecified atom stereocenters. The summed E-state index contributed by atoms with van der Waals surface area (Å²) in [6.45, 7) is 3.47. The summed E-state index contributed by atoms with van der Waals surface area (Å²) in [5.41, 5.74) is 0.465. The molecule has 0 saturated carbocycles. The van der Waals surface area contributed by atoms with Gasteiger partial charge in [-0.1, -0.05) is 6.07 Å². The molecular weight excluding hydrogens is 303 g/mol. The first-order chi connectivity index (χ1) is 11.0. The number of cyclic esters (lactones) is 1. The maximum absolute atomic E-state index is 13.5. The Morgan fingerprint density at radius 2 is 2.13 bits per heavy atom. The van der Waals surface area contributed by atoms with Crippen LogP contribution in [0.25, 0.3) is 0 Å². The molecule has 3 rings (SSSR count). The van der Waals surface area contributed by atoms with Crippen molar-refractivity contribution < 1.29 is 23.5 Å². The van der Waals surface area contributed by atoms with Crippen LogP contribution < -0.4 is 5.32 Å². The van der Waals surface area contributed by atoms with Crippen LogP contribution in [0.4, 0.5) is 14.9 Å². The van der Waals surface area contributed by atoms with Crippen LogP contribution in [0, 0.1) is 12.7 Å². The Hall–Kier alpha value is -2.15. The highest BCUT2D eigenvalue weighted by Crippen LogP contribution is 2.31. The second kappa shape index (κ2) is 6.16. The highest BCUT2D eigenvalue weighted by molar-refractivity contribution is 5.92. The average molecular weight is 322 g/mol. The maximum Gasteiger partial charge on any atom is 0.509 e. The second-order valence-corrected chi connectivity index (χ2v) is 6.11. The molecule has 1 aromatic carbocycles. The van der Waals surface area contributed by atoms with Crippen LogP contribution in [0.2, 0.25) is 0 Å². The fourth-order valence-electron chi connectivity index (χ4n) is 2.87. The van der Waals surface area contributed by atoms with Gasteiger partial charge in [-0.05, 0) is 24.6 Å². The monoisotopic (exact) mass is 322 g/mol. The predicted octanol–water partition coefficient (Wildman–Crippen LogP) is 2.07. The lowest BCUT2D eigenvalue weighted by Crippen LogP contribution is -2.48. The molecule has 1 aromatic rings. The molecule has 2 heterocycles. The lowest BCUT2D eigenvalue weighted by Gasteiger charge is -2.35. The first-order valence-corrected chi connectivity index (χ1v) is 7.60. The lowest BCUT2D eigenvalue weighted by atomic mass is 9.92. The molecule has 1 amide bonds. The normalized spacial score (nSPS) is 20.2. The van der Waals surface area contributed by atoms with E-state index in [1.807, 2.05) is 4.90 Å². The zero-order valence-corrected chi connectivity index (χ0v) is 12.9. The summed E-state index contributed by atoms with van der Waals surface area (Å²) in [4.78, 5) is 25.1. The van der Waals surface area contributed by atoms with E-state index in [0.717, 1.165) is 0 Å². The van der Waals surface area contributed by atoms with Gasteiger partial charge in [-0.15, -0.1) is 0 Å². The van der Waals surface area contributed by atoms with E-state index >= 15 is 0 Å². The molecule has 2 aliphatic heterocycles. The third-order valence-electron chi connectivity index (χ3n) is 4.34. The topological polar surface area (TPSA) is 67.9 Å². The van der Waals surface area contributed by atoms with Gasteiger partial charge in [0, 0.05) is 31.6 Å². The highest BCUT2D eigenvalue weighted by Gasteiger charge is 2.44. The van der Waals surface area contributed by atoms with Gasteiger partial charge in [-0.3, -0.25) is 9.69 Å². The van der Waals surface area contributed by atoms with Gasteiger partial charge in [0.15, 0.2) is 5.60 Å². The number of nitrogens with one attached hydrogen (secondary N) is 1. The number of likely N-dealkylation sites (tertiary alicyclic amines) is 1. The van der Waals surface area contributed by atoms with Gasteiger partial charge in [0.1, 0.15) is 12.4 Å². The van der Waals surface area contributed by atoms with Crippen molar-refractivity contribution >= 4 is 17.7 Å². The van der Waals surface area contributed by atoms with Crippen LogP contribution >= 0.6 is 0 Å². The van der Waals surface area contributed by atoms with Crippen LogP contribution in [0.5, 0.6) is 0 Å². The summed E-state index contributed by atoms with van der Waals surface area (Å²) < 4.78 is 23.6. The first kappa shape index (κ1) is 15.7. The maximum atomic E-state index is 13.5. The van der Waals surface area contributed by atoms with Gasteiger partial charge in [-0.25, -0.2) is 9.18 Å². The number of hydrogen-bond acceptors (Lipinski definition) is 5. The van der Waals surface area contributed by atoms with E-state index in [-0.39, 0.29) is 24.9 Å². The molecule has 2 aliphatic rings. The van der Waals surface area contributed by atoms with Gasteiger partial charge in [-0.2, -0.15) is 0 Å². The summed E-state index contributed by atoms with van der Waals surface area (Å²) in [6.07, 6.45) is 0.675. The van der Waals surface area contributed by atoms with Gasteiger partial charge in [0.05, 0.1) is 6.54 Å². The molecular formula is C16H19FN2O4. The fraction of sp³-hybridized carbons (Fsp3) is 0.500. The van der Waals surface area contributed by atoms with Crippen molar-refractivity contribution in [2.45, 2.75) is 25.4 Å². The Bertz CT molecular complexity index is 627. The molecule has 2 saturated heterocycles. The van der Waals surface area contributed by atoms with E-state index in [1.165, 1.54) is 6.07 Å². The third-order valence-corrected chi connectivity index (χ3v) is 4.34. The number of ether oxygens (including phenoxy) is 2. The van der Waals surface area contributed by atoms with E-state index in [0.29, 0.717) is 37.2 Å². The van der Waals surface area contributed by atoms with Crippen LogP contribution in [-0.4, -0.2) is 48.8 Å². The van der Waals surface area contributed by atoms with Crippen molar-refractivity contribution in [3.05, 3.63) is 29.6 Å². The van der Waals surface area contributed by atoms with Gasteiger partial charge < -0.3 is 14.8 Å².